The molecule has 5 N–H and O–H groups in total. The van der Waals surface area contributed by atoms with Gasteiger partial charge in [0.15, 0.2) is 24.7 Å². The first-order chi connectivity index (χ1) is 31.5. The molecule has 1 unspecified atom stereocenters. The van der Waals surface area contributed by atoms with Crippen molar-refractivity contribution < 1.29 is 82.5 Å². The number of nitrogens with zero attached hydrogens (tertiary/aromatic N) is 2. The van der Waals surface area contributed by atoms with Crippen molar-refractivity contribution in [2.45, 2.75) is 198 Å². The molecule has 67 heavy (non-hydrogen) atoms. The van der Waals surface area contributed by atoms with Crippen molar-refractivity contribution in [1.82, 2.24) is 4.90 Å². The number of esters is 1. The summed E-state index contributed by atoms with van der Waals surface area (Å²) in [6.07, 6.45) is -8.49. The van der Waals surface area contributed by atoms with Crippen LogP contribution in [0.2, 0.25) is 0 Å². The molecule has 0 radical (unpaired) electrons. The molecule has 384 valence electrons. The van der Waals surface area contributed by atoms with Crippen LogP contribution in [0.4, 0.5) is 0 Å². The van der Waals surface area contributed by atoms with Gasteiger partial charge in [-0.3, -0.25) is 9.59 Å². The number of hydrogen-bond donors (Lipinski definition) is 5. The van der Waals surface area contributed by atoms with Gasteiger partial charge < -0.3 is 77.9 Å². The Bertz CT molecular complexity index is 1660. The number of carbonyl (C=O) groups is 3. The fourth-order valence-electron chi connectivity index (χ4n) is 9.51. The number of likely N-dealkylation sites (N-methyl/N-ethyl adjacent to an activating group) is 1. The molecule has 4 aliphatic rings. The molecule has 21 atom stereocenters. The molecule has 3 saturated heterocycles. The largest absolute Gasteiger partial charge is 0.462 e. The predicted octanol–water partition coefficient (Wildman–Crippen LogP) is 2.36. The lowest BCUT2D eigenvalue weighted by Gasteiger charge is -2.50. The van der Waals surface area contributed by atoms with E-state index in [2.05, 4.69) is 0 Å². The van der Waals surface area contributed by atoms with Gasteiger partial charge in [0.05, 0.1) is 61.3 Å². The number of methoxy groups -OCH3 is 2. The summed E-state index contributed by atoms with van der Waals surface area (Å²) < 4.78 is 54.7. The van der Waals surface area contributed by atoms with E-state index >= 15 is 0 Å². The number of ether oxygens (including phenoxy) is 9. The minimum absolute atomic E-state index is 0.00788. The first-order valence-corrected chi connectivity index (χ1v) is 23.4. The summed E-state index contributed by atoms with van der Waals surface area (Å²) >= 11 is 0. The van der Waals surface area contributed by atoms with Crippen molar-refractivity contribution >= 4 is 18.0 Å². The number of ketones is 1. The van der Waals surface area contributed by atoms with E-state index in [0.29, 0.717) is 12.0 Å². The number of aliphatic hydroxyl groups excluding tert-OH is 4. The minimum Gasteiger partial charge on any atom is -0.462 e. The first kappa shape index (κ1) is 58.5. The van der Waals surface area contributed by atoms with Gasteiger partial charge >= 0.3 is 5.97 Å². The Balaban J connectivity index is 0.00000386. The standard InChI is InChI=1S/C46H77NO17.C2H3N/c1-13-33-30(22-58-45-42(57-12)41(56-11)37(52)26(5)60-45)18-23(2)14-15-31(49)24(3)19-29(16-17-48)39(25(4)32(50)20-34(51)62-33)64-44-38(53)36(47(9)10)40(27(6)61-44)63-35-21-46(8,55)43(54)28(7)59-35;1-2-3/h14-15,17-18,24-30,32-33,35-45,50,52-55H,13,16,19-22H2,1-12H3;1H3/b15-14+,23-18+;/t24-,25+,26-,27-,28+,29+,30?,32-,33-,35+,36-,37-,38-,39-,40-,41-,42-,43+,44+,45-,46-;/m1./s1. The normalized spacial score (nSPS) is 44.0. The molecule has 3 fully saturated rings. The van der Waals surface area contributed by atoms with E-state index in [4.69, 9.17) is 47.9 Å². The van der Waals surface area contributed by atoms with Crippen LogP contribution in [0.25, 0.3) is 0 Å². The molecular weight excluding hydrogens is 877 g/mol. The predicted molar refractivity (Wildman–Crippen MR) is 242 cm³/mol. The molecule has 0 bridgehead atoms. The van der Waals surface area contributed by atoms with Crippen molar-refractivity contribution in [2.75, 3.05) is 34.9 Å². The number of aldehydes is 1. The Labute approximate surface area is 396 Å². The van der Waals surface area contributed by atoms with Gasteiger partial charge in [0.2, 0.25) is 0 Å². The van der Waals surface area contributed by atoms with Crippen LogP contribution in [-0.2, 0) is 57.0 Å². The van der Waals surface area contributed by atoms with E-state index in [1.807, 2.05) is 19.9 Å². The van der Waals surface area contributed by atoms with E-state index in [9.17, 15) is 39.9 Å². The highest BCUT2D eigenvalue weighted by Crippen LogP contribution is 2.37. The number of aliphatic hydroxyl groups is 5. The van der Waals surface area contributed by atoms with Crippen LogP contribution in [0.1, 0.15) is 94.4 Å². The lowest BCUT2D eigenvalue weighted by atomic mass is 9.79. The lowest BCUT2D eigenvalue weighted by Crippen LogP contribution is -2.65. The van der Waals surface area contributed by atoms with Crippen LogP contribution in [-0.4, -0.2) is 187 Å². The Morgan fingerprint density at radius 2 is 1.52 bits per heavy atom. The molecule has 0 aromatic rings. The third-order valence-corrected chi connectivity index (χ3v) is 13.4. The van der Waals surface area contributed by atoms with Gasteiger partial charge in [-0.2, -0.15) is 5.26 Å². The molecular formula is C48H80N2O17. The lowest BCUT2D eigenvalue weighted by molar-refractivity contribution is -0.341. The van der Waals surface area contributed by atoms with Crippen LogP contribution in [0, 0.1) is 35.0 Å². The average Bonchev–Trinajstić information content (AvgIpc) is 3.26. The smallest absolute Gasteiger partial charge is 0.308 e. The number of hydrogen-bond acceptors (Lipinski definition) is 19. The molecule has 4 aliphatic heterocycles. The van der Waals surface area contributed by atoms with Gasteiger partial charge in [0.1, 0.15) is 49.0 Å². The summed E-state index contributed by atoms with van der Waals surface area (Å²) in [5.41, 5.74) is -0.806. The highest BCUT2D eigenvalue weighted by Gasteiger charge is 2.52. The molecule has 0 aliphatic carbocycles. The summed E-state index contributed by atoms with van der Waals surface area (Å²) in [6, 6.07) is 1.00. The first-order valence-electron chi connectivity index (χ1n) is 23.4. The van der Waals surface area contributed by atoms with Gasteiger partial charge in [-0.15, -0.1) is 0 Å². The molecule has 4 rings (SSSR count). The topological polar surface area (TPSA) is 262 Å². The summed E-state index contributed by atoms with van der Waals surface area (Å²) in [5.74, 6) is -3.59. The highest BCUT2D eigenvalue weighted by atomic mass is 16.7. The van der Waals surface area contributed by atoms with Crippen LogP contribution >= 0.6 is 0 Å². The Morgan fingerprint density at radius 3 is 2.09 bits per heavy atom. The Morgan fingerprint density at radius 1 is 0.896 bits per heavy atom. The number of nitriles is 1. The summed E-state index contributed by atoms with van der Waals surface area (Å²) in [5, 5.41) is 63.1. The molecule has 0 saturated carbocycles. The molecule has 19 nitrogen and oxygen atoms in total. The van der Waals surface area contributed by atoms with Crippen molar-refractivity contribution in [3.8, 4) is 6.07 Å². The minimum atomic E-state index is -1.49. The van der Waals surface area contributed by atoms with Crippen molar-refractivity contribution in [3.63, 3.8) is 0 Å². The van der Waals surface area contributed by atoms with Crippen LogP contribution in [0.5, 0.6) is 0 Å². The third kappa shape index (κ3) is 15.6. The molecule has 0 spiro atoms. The Kier molecular flexibility index (Phi) is 23.6. The van der Waals surface area contributed by atoms with Gasteiger partial charge in [-0.1, -0.05) is 38.5 Å². The zero-order valence-electron chi connectivity index (χ0n) is 41.6. The molecule has 0 aromatic carbocycles. The molecule has 4 heterocycles. The van der Waals surface area contributed by atoms with Crippen LogP contribution < -0.4 is 0 Å². The quantitative estimate of drug-likeness (QED) is 0.131. The maximum Gasteiger partial charge on any atom is 0.308 e. The van der Waals surface area contributed by atoms with E-state index in [0.717, 1.165) is 6.29 Å². The highest BCUT2D eigenvalue weighted by molar-refractivity contribution is 5.91. The van der Waals surface area contributed by atoms with E-state index < -0.39 is 140 Å². The monoisotopic (exact) mass is 957 g/mol. The van der Waals surface area contributed by atoms with Gasteiger partial charge in [-0.25, -0.2) is 0 Å². The fraction of sp³-hybridized carbons (Fsp3) is 0.833. The number of cyclic esters (lactones) is 1. The van der Waals surface area contributed by atoms with Crippen LogP contribution in [0.3, 0.4) is 0 Å². The van der Waals surface area contributed by atoms with E-state index in [-0.39, 0.29) is 31.7 Å². The molecule has 19 heteroatoms. The van der Waals surface area contributed by atoms with Gasteiger partial charge in [0, 0.05) is 51.7 Å². The second-order valence-electron chi connectivity index (χ2n) is 19.0. The zero-order chi connectivity index (χ0) is 50.5. The Hall–Kier alpha value is -2.78. The van der Waals surface area contributed by atoms with Gasteiger partial charge in [0.25, 0.3) is 0 Å². The van der Waals surface area contributed by atoms with Crippen molar-refractivity contribution in [1.29, 1.82) is 5.26 Å². The molecule has 0 aromatic heterocycles. The number of rotatable bonds is 13. The maximum absolute atomic E-state index is 13.8. The molecule has 0 amide bonds. The average molecular weight is 957 g/mol. The SMILES string of the molecule is CC#N.CC[C@H]1OC(=O)C[C@@H](O)[C@H](C)[C@@H](O[C@@H]2O[C@H](C)[C@@H](O[C@H]3C[C@@](C)(O)[C@@H](O)[C@H](C)O3)[C@H](N(C)C)[C@H]2O)[C@@H](CC=O)C[C@@H](C)C(=O)/C=C/C(C)=C/C1CO[C@@H]1O[C@H](C)[C@@H](O)[C@@H](OC)[C@H]1OC. The second-order valence-corrected chi connectivity index (χ2v) is 19.0. The zero-order valence-corrected chi connectivity index (χ0v) is 41.6. The van der Waals surface area contributed by atoms with Gasteiger partial charge in [-0.05, 0) is 73.5 Å². The second kappa shape index (κ2) is 27.0. The summed E-state index contributed by atoms with van der Waals surface area (Å²) in [6.45, 7) is 15.1. The third-order valence-electron chi connectivity index (χ3n) is 13.4. The van der Waals surface area contributed by atoms with E-state index in [1.54, 1.807) is 65.8 Å². The summed E-state index contributed by atoms with van der Waals surface area (Å²) in [7, 11) is 6.43. The number of carbonyl (C=O) groups excluding carboxylic acids is 3. The maximum atomic E-state index is 13.8. The van der Waals surface area contributed by atoms with Crippen molar-refractivity contribution in [2.24, 2.45) is 23.7 Å². The fourth-order valence-corrected chi connectivity index (χ4v) is 9.51. The van der Waals surface area contributed by atoms with Crippen molar-refractivity contribution in [3.05, 3.63) is 23.8 Å². The van der Waals surface area contributed by atoms with E-state index in [1.165, 1.54) is 34.1 Å². The van der Waals surface area contributed by atoms with Crippen LogP contribution in [0.15, 0.2) is 23.8 Å². The summed E-state index contributed by atoms with van der Waals surface area (Å²) in [4.78, 5) is 41.5. The number of allylic oxidation sites excluding steroid dienone is 3.